The molecular weight excluding hydrogens is 348 g/mol. The molecule has 150 valence electrons. The molecule has 0 fully saturated rings. The summed E-state index contributed by atoms with van der Waals surface area (Å²) in [5.74, 6) is -1.30. The van der Waals surface area contributed by atoms with Gasteiger partial charge < -0.3 is 10.6 Å². The SMILES string of the molecule is Cc1c(C)c(C)c(NC(=O)C(=O)Nc2c(C)c(C)c(C)c(C)c2C)c(C)c1C. The largest absolute Gasteiger partial charge is 0.317 e. The Labute approximate surface area is 168 Å². The third-order valence-corrected chi connectivity index (χ3v) is 6.68. The zero-order valence-corrected chi connectivity index (χ0v) is 18.8. The van der Waals surface area contributed by atoms with E-state index in [-0.39, 0.29) is 0 Å². The number of amides is 2. The minimum atomic E-state index is -0.650. The van der Waals surface area contributed by atoms with Gasteiger partial charge in [0, 0.05) is 11.4 Å². The Morgan fingerprint density at radius 1 is 0.393 bits per heavy atom. The zero-order valence-electron chi connectivity index (χ0n) is 18.8. The number of nitrogens with one attached hydrogen (secondary N) is 2. The maximum Gasteiger partial charge on any atom is 0.314 e. The second kappa shape index (κ2) is 7.78. The molecule has 28 heavy (non-hydrogen) atoms. The summed E-state index contributed by atoms with van der Waals surface area (Å²) >= 11 is 0. The van der Waals surface area contributed by atoms with Gasteiger partial charge in [-0.1, -0.05) is 0 Å². The maximum atomic E-state index is 12.7. The van der Waals surface area contributed by atoms with Crippen molar-refractivity contribution in [2.45, 2.75) is 69.2 Å². The standard InChI is InChI=1S/C24H32N2O2/c1-11-13(3)17(7)21(18(8)14(11)4)25-23(27)24(28)26-22-19(9)15(5)12(2)16(6)20(22)10/h1-10H3,(H,25,27)(H,26,28). The molecule has 0 atom stereocenters. The summed E-state index contributed by atoms with van der Waals surface area (Å²) in [5, 5.41) is 5.67. The van der Waals surface area contributed by atoms with Gasteiger partial charge in [0.1, 0.15) is 0 Å². The normalized spacial score (nSPS) is 10.8. The highest BCUT2D eigenvalue weighted by Crippen LogP contribution is 2.31. The summed E-state index contributed by atoms with van der Waals surface area (Å²) < 4.78 is 0. The molecule has 0 spiro atoms. The number of rotatable bonds is 2. The molecule has 2 aromatic rings. The van der Waals surface area contributed by atoms with Crippen LogP contribution in [0.4, 0.5) is 11.4 Å². The van der Waals surface area contributed by atoms with Crippen LogP contribution in [0.5, 0.6) is 0 Å². The lowest BCUT2D eigenvalue weighted by atomic mass is 9.92. The fraction of sp³-hybridized carbons (Fsp3) is 0.417. The molecule has 4 nitrogen and oxygen atoms in total. The molecule has 0 heterocycles. The minimum Gasteiger partial charge on any atom is -0.317 e. The molecule has 2 amide bonds. The van der Waals surface area contributed by atoms with Crippen LogP contribution in [-0.2, 0) is 9.59 Å². The Morgan fingerprint density at radius 2 is 0.571 bits per heavy atom. The van der Waals surface area contributed by atoms with E-state index in [2.05, 4.69) is 24.5 Å². The van der Waals surface area contributed by atoms with Crippen LogP contribution in [-0.4, -0.2) is 11.8 Å². The first-order chi connectivity index (χ1) is 12.9. The summed E-state index contributed by atoms with van der Waals surface area (Å²) in [5.41, 5.74) is 12.4. The lowest BCUT2D eigenvalue weighted by Crippen LogP contribution is -2.30. The number of hydrogen-bond donors (Lipinski definition) is 2. The van der Waals surface area contributed by atoms with Gasteiger partial charge in [0.2, 0.25) is 0 Å². The predicted octanol–water partition coefficient (Wildman–Crippen LogP) is 5.35. The average Bonchev–Trinajstić information content (AvgIpc) is 2.67. The summed E-state index contributed by atoms with van der Waals surface area (Å²) in [7, 11) is 0. The van der Waals surface area contributed by atoms with Crippen molar-refractivity contribution in [2.75, 3.05) is 10.6 Å². The van der Waals surface area contributed by atoms with E-state index in [0.29, 0.717) is 0 Å². The Balaban J connectivity index is 2.36. The Hall–Kier alpha value is -2.62. The highest BCUT2D eigenvalue weighted by atomic mass is 16.2. The van der Waals surface area contributed by atoms with Crippen LogP contribution in [0.2, 0.25) is 0 Å². The topological polar surface area (TPSA) is 58.2 Å². The van der Waals surface area contributed by atoms with Crippen LogP contribution >= 0.6 is 0 Å². The van der Waals surface area contributed by atoms with Gasteiger partial charge in [0.05, 0.1) is 0 Å². The molecular formula is C24H32N2O2. The van der Waals surface area contributed by atoms with Crippen molar-refractivity contribution in [1.29, 1.82) is 0 Å². The first-order valence-corrected chi connectivity index (χ1v) is 9.66. The summed E-state index contributed by atoms with van der Waals surface area (Å²) in [4.78, 5) is 25.3. The van der Waals surface area contributed by atoms with Crippen molar-refractivity contribution in [2.24, 2.45) is 0 Å². The van der Waals surface area contributed by atoms with Crippen molar-refractivity contribution >= 4 is 23.2 Å². The first kappa shape index (κ1) is 21.7. The van der Waals surface area contributed by atoms with E-state index in [0.717, 1.165) is 55.9 Å². The molecule has 0 aliphatic carbocycles. The molecule has 0 aliphatic heterocycles. The summed E-state index contributed by atoms with van der Waals surface area (Å²) in [6.07, 6.45) is 0. The number of hydrogen-bond acceptors (Lipinski definition) is 2. The highest BCUT2D eigenvalue weighted by Gasteiger charge is 2.21. The predicted molar refractivity (Wildman–Crippen MR) is 118 cm³/mol. The Kier molecular flexibility index (Phi) is 6.03. The van der Waals surface area contributed by atoms with Crippen LogP contribution in [0.15, 0.2) is 0 Å². The van der Waals surface area contributed by atoms with Crippen LogP contribution in [0.3, 0.4) is 0 Å². The Morgan fingerprint density at radius 3 is 0.786 bits per heavy atom. The molecule has 0 radical (unpaired) electrons. The number of anilines is 2. The van der Waals surface area contributed by atoms with Gasteiger partial charge in [-0.25, -0.2) is 0 Å². The highest BCUT2D eigenvalue weighted by molar-refractivity contribution is 6.44. The molecule has 4 heteroatoms. The van der Waals surface area contributed by atoms with E-state index in [1.54, 1.807) is 0 Å². The maximum absolute atomic E-state index is 12.7. The van der Waals surface area contributed by atoms with Gasteiger partial charge in [-0.05, 0) is 125 Å². The quantitative estimate of drug-likeness (QED) is 0.690. The van der Waals surface area contributed by atoms with E-state index >= 15 is 0 Å². The van der Waals surface area contributed by atoms with Crippen molar-refractivity contribution in [1.82, 2.24) is 0 Å². The van der Waals surface area contributed by atoms with Crippen molar-refractivity contribution in [3.63, 3.8) is 0 Å². The third-order valence-electron chi connectivity index (χ3n) is 6.68. The lowest BCUT2D eigenvalue weighted by Gasteiger charge is -2.20. The molecule has 2 aromatic carbocycles. The monoisotopic (exact) mass is 380 g/mol. The fourth-order valence-electron chi connectivity index (χ4n) is 3.72. The van der Waals surface area contributed by atoms with Crippen molar-refractivity contribution in [3.05, 3.63) is 55.6 Å². The van der Waals surface area contributed by atoms with E-state index in [1.165, 1.54) is 11.1 Å². The number of carbonyl (C=O) groups is 2. The van der Waals surface area contributed by atoms with Crippen LogP contribution < -0.4 is 10.6 Å². The van der Waals surface area contributed by atoms with Crippen LogP contribution in [0.1, 0.15) is 55.6 Å². The molecule has 0 saturated carbocycles. The van der Waals surface area contributed by atoms with Gasteiger partial charge in [-0.15, -0.1) is 0 Å². The average molecular weight is 381 g/mol. The first-order valence-electron chi connectivity index (χ1n) is 9.66. The van der Waals surface area contributed by atoms with E-state index in [4.69, 9.17) is 0 Å². The van der Waals surface area contributed by atoms with Gasteiger partial charge in [-0.2, -0.15) is 0 Å². The van der Waals surface area contributed by atoms with Gasteiger partial charge >= 0.3 is 11.8 Å². The van der Waals surface area contributed by atoms with E-state index in [9.17, 15) is 9.59 Å². The molecule has 2 rings (SSSR count). The molecule has 0 saturated heterocycles. The zero-order chi connectivity index (χ0) is 21.5. The fourth-order valence-corrected chi connectivity index (χ4v) is 3.72. The summed E-state index contributed by atoms with van der Waals surface area (Å²) in [6.45, 7) is 20.2. The van der Waals surface area contributed by atoms with Crippen LogP contribution in [0, 0.1) is 69.2 Å². The van der Waals surface area contributed by atoms with E-state index < -0.39 is 11.8 Å². The third kappa shape index (κ3) is 3.56. The van der Waals surface area contributed by atoms with E-state index in [1.807, 2.05) is 55.4 Å². The molecule has 0 unspecified atom stereocenters. The smallest absolute Gasteiger partial charge is 0.314 e. The van der Waals surface area contributed by atoms with Crippen LogP contribution in [0.25, 0.3) is 0 Å². The Bertz CT molecular complexity index is 861. The lowest BCUT2D eigenvalue weighted by molar-refractivity contribution is -0.133. The molecule has 0 aliphatic rings. The minimum absolute atomic E-state index is 0.650. The second-order valence-corrected chi connectivity index (χ2v) is 7.91. The second-order valence-electron chi connectivity index (χ2n) is 7.91. The van der Waals surface area contributed by atoms with Crippen molar-refractivity contribution in [3.8, 4) is 0 Å². The molecule has 0 aromatic heterocycles. The van der Waals surface area contributed by atoms with Gasteiger partial charge in [0.25, 0.3) is 0 Å². The van der Waals surface area contributed by atoms with Gasteiger partial charge in [0.15, 0.2) is 0 Å². The molecule has 2 N–H and O–H groups in total. The van der Waals surface area contributed by atoms with Crippen molar-refractivity contribution < 1.29 is 9.59 Å². The molecule has 0 bridgehead atoms. The number of benzene rings is 2. The number of carbonyl (C=O) groups excluding carboxylic acids is 2. The van der Waals surface area contributed by atoms with Gasteiger partial charge in [-0.3, -0.25) is 9.59 Å². The summed E-state index contributed by atoms with van der Waals surface area (Å²) in [6, 6.07) is 0.